The highest BCUT2D eigenvalue weighted by atomic mass is 16.2. The van der Waals surface area contributed by atoms with Gasteiger partial charge in [-0.3, -0.25) is 9.69 Å². The summed E-state index contributed by atoms with van der Waals surface area (Å²) in [7, 11) is 0. The summed E-state index contributed by atoms with van der Waals surface area (Å²) in [6.07, 6.45) is 0.990. The van der Waals surface area contributed by atoms with Crippen molar-refractivity contribution in [3.8, 4) is 11.8 Å². The largest absolute Gasteiger partial charge is 0.384 e. The molecule has 0 aromatic heterocycles. The Balaban J connectivity index is 1.99. The van der Waals surface area contributed by atoms with Crippen LogP contribution in [0, 0.1) is 11.8 Å². The van der Waals surface area contributed by atoms with E-state index in [0.29, 0.717) is 0 Å². The molecule has 2 N–H and O–H groups in total. The standard InChI is InChI=1S/C16H20N2O2/c1-13(20)17-16-8-9-18(12-16)11-15-6-3-2-5-14(15)7-4-10-19/h2-3,5-6,16,19H,8-12H2,1H3,(H,17,20). The predicted octanol–water partition coefficient (Wildman–Crippen LogP) is 0.741. The summed E-state index contributed by atoms with van der Waals surface area (Å²) in [6, 6.07) is 8.24. The van der Waals surface area contributed by atoms with E-state index in [2.05, 4.69) is 28.1 Å². The minimum absolute atomic E-state index is 0.0334. The fraction of sp³-hybridized carbons (Fsp3) is 0.438. The van der Waals surface area contributed by atoms with E-state index in [1.807, 2.05) is 18.2 Å². The fourth-order valence-electron chi connectivity index (χ4n) is 2.54. The fourth-order valence-corrected chi connectivity index (χ4v) is 2.54. The number of aliphatic hydroxyl groups is 1. The van der Waals surface area contributed by atoms with Crippen molar-refractivity contribution in [3.63, 3.8) is 0 Å². The molecule has 1 aromatic rings. The number of nitrogens with zero attached hydrogens (tertiary/aromatic N) is 1. The normalized spacial score (nSPS) is 18.4. The SMILES string of the molecule is CC(=O)NC1CCN(Cc2ccccc2C#CCO)C1. The zero-order chi connectivity index (χ0) is 14.4. The zero-order valence-electron chi connectivity index (χ0n) is 11.7. The smallest absolute Gasteiger partial charge is 0.217 e. The van der Waals surface area contributed by atoms with Crippen LogP contribution in [0.25, 0.3) is 0 Å². The van der Waals surface area contributed by atoms with Crippen molar-refractivity contribution in [2.24, 2.45) is 0 Å². The van der Waals surface area contributed by atoms with E-state index in [1.54, 1.807) is 6.92 Å². The van der Waals surface area contributed by atoms with Crippen molar-refractivity contribution in [3.05, 3.63) is 35.4 Å². The minimum Gasteiger partial charge on any atom is -0.384 e. The lowest BCUT2D eigenvalue weighted by Gasteiger charge is -2.17. The molecule has 0 spiro atoms. The summed E-state index contributed by atoms with van der Waals surface area (Å²) in [5.41, 5.74) is 2.13. The Morgan fingerprint density at radius 3 is 3.05 bits per heavy atom. The van der Waals surface area contributed by atoms with Crippen molar-refractivity contribution in [2.45, 2.75) is 25.9 Å². The van der Waals surface area contributed by atoms with Gasteiger partial charge in [-0.25, -0.2) is 0 Å². The summed E-state index contributed by atoms with van der Waals surface area (Å²) in [5.74, 6) is 5.71. The summed E-state index contributed by atoms with van der Waals surface area (Å²) < 4.78 is 0. The van der Waals surface area contributed by atoms with Gasteiger partial charge in [-0.2, -0.15) is 0 Å². The van der Waals surface area contributed by atoms with Crippen LogP contribution in [0.15, 0.2) is 24.3 Å². The Hall–Kier alpha value is -1.83. The maximum absolute atomic E-state index is 11.1. The average molecular weight is 272 g/mol. The lowest BCUT2D eigenvalue weighted by Crippen LogP contribution is -2.35. The molecule has 1 heterocycles. The van der Waals surface area contributed by atoms with Crippen molar-refractivity contribution in [1.82, 2.24) is 10.2 Å². The van der Waals surface area contributed by atoms with Gasteiger partial charge in [0.25, 0.3) is 0 Å². The van der Waals surface area contributed by atoms with Crippen LogP contribution in [-0.2, 0) is 11.3 Å². The first-order chi connectivity index (χ1) is 9.69. The van der Waals surface area contributed by atoms with E-state index >= 15 is 0 Å². The van der Waals surface area contributed by atoms with Crippen LogP contribution >= 0.6 is 0 Å². The molecule has 1 aromatic carbocycles. The van der Waals surface area contributed by atoms with E-state index < -0.39 is 0 Å². The van der Waals surface area contributed by atoms with Gasteiger partial charge < -0.3 is 10.4 Å². The van der Waals surface area contributed by atoms with Gasteiger partial charge in [-0.1, -0.05) is 30.0 Å². The Kier molecular flexibility index (Phi) is 5.16. The lowest BCUT2D eigenvalue weighted by atomic mass is 10.1. The van der Waals surface area contributed by atoms with Gasteiger partial charge in [0, 0.05) is 38.2 Å². The van der Waals surface area contributed by atoms with E-state index in [4.69, 9.17) is 5.11 Å². The molecule has 1 fully saturated rings. The van der Waals surface area contributed by atoms with Gasteiger partial charge in [-0.15, -0.1) is 0 Å². The topological polar surface area (TPSA) is 52.6 Å². The molecule has 1 aliphatic heterocycles. The minimum atomic E-state index is -0.122. The van der Waals surface area contributed by atoms with Gasteiger partial charge in [-0.05, 0) is 18.1 Å². The molecule has 4 nitrogen and oxygen atoms in total. The van der Waals surface area contributed by atoms with Crippen LogP contribution in [0.5, 0.6) is 0 Å². The van der Waals surface area contributed by atoms with Crippen LogP contribution in [0.1, 0.15) is 24.5 Å². The molecule has 0 saturated carbocycles. The second-order valence-electron chi connectivity index (χ2n) is 5.04. The average Bonchev–Trinajstić information content (AvgIpc) is 2.84. The molecular weight excluding hydrogens is 252 g/mol. The highest BCUT2D eigenvalue weighted by Gasteiger charge is 2.23. The summed E-state index contributed by atoms with van der Waals surface area (Å²) in [6.45, 7) is 4.12. The van der Waals surface area contributed by atoms with Crippen LogP contribution < -0.4 is 5.32 Å². The number of amides is 1. The molecular formula is C16H20N2O2. The molecule has 0 bridgehead atoms. The van der Waals surface area contributed by atoms with Gasteiger partial charge in [0.1, 0.15) is 6.61 Å². The van der Waals surface area contributed by atoms with Gasteiger partial charge >= 0.3 is 0 Å². The van der Waals surface area contributed by atoms with E-state index in [1.165, 1.54) is 0 Å². The van der Waals surface area contributed by atoms with Gasteiger partial charge in [0.15, 0.2) is 0 Å². The quantitative estimate of drug-likeness (QED) is 0.798. The maximum Gasteiger partial charge on any atom is 0.217 e. The Morgan fingerprint density at radius 2 is 2.30 bits per heavy atom. The van der Waals surface area contributed by atoms with E-state index in [9.17, 15) is 4.79 Å². The number of likely N-dealkylation sites (tertiary alicyclic amines) is 1. The summed E-state index contributed by atoms with van der Waals surface area (Å²) >= 11 is 0. The third kappa shape index (κ3) is 4.09. The number of carbonyl (C=O) groups excluding carboxylic acids is 1. The van der Waals surface area contributed by atoms with Crippen LogP contribution in [0.4, 0.5) is 0 Å². The van der Waals surface area contributed by atoms with Crippen LogP contribution in [0.3, 0.4) is 0 Å². The Labute approximate surface area is 119 Å². The molecule has 0 aliphatic carbocycles. The highest BCUT2D eigenvalue weighted by molar-refractivity contribution is 5.73. The van der Waals surface area contributed by atoms with E-state index in [0.717, 1.165) is 37.2 Å². The molecule has 20 heavy (non-hydrogen) atoms. The van der Waals surface area contributed by atoms with Crippen molar-refractivity contribution >= 4 is 5.91 Å². The third-order valence-electron chi connectivity index (χ3n) is 3.39. The molecule has 1 amide bonds. The van der Waals surface area contributed by atoms with Crippen molar-refractivity contribution < 1.29 is 9.90 Å². The summed E-state index contributed by atoms with van der Waals surface area (Å²) in [4.78, 5) is 13.4. The number of rotatable bonds is 3. The number of hydrogen-bond donors (Lipinski definition) is 2. The monoisotopic (exact) mass is 272 g/mol. The maximum atomic E-state index is 11.1. The molecule has 1 aliphatic rings. The molecule has 106 valence electrons. The first kappa shape index (κ1) is 14.6. The van der Waals surface area contributed by atoms with Crippen molar-refractivity contribution in [2.75, 3.05) is 19.7 Å². The van der Waals surface area contributed by atoms with Gasteiger partial charge in [0.05, 0.1) is 0 Å². The molecule has 2 rings (SSSR count). The first-order valence-electron chi connectivity index (χ1n) is 6.86. The highest BCUT2D eigenvalue weighted by Crippen LogP contribution is 2.16. The number of nitrogens with one attached hydrogen (secondary N) is 1. The summed E-state index contributed by atoms with van der Waals surface area (Å²) in [5, 5.41) is 11.8. The number of benzene rings is 1. The molecule has 1 unspecified atom stereocenters. The lowest BCUT2D eigenvalue weighted by molar-refractivity contribution is -0.119. The van der Waals surface area contributed by atoms with Gasteiger partial charge in [0.2, 0.25) is 5.91 Å². The molecule has 0 radical (unpaired) electrons. The number of hydrogen-bond acceptors (Lipinski definition) is 3. The molecule has 1 saturated heterocycles. The van der Waals surface area contributed by atoms with Crippen LogP contribution in [-0.4, -0.2) is 41.7 Å². The molecule has 4 heteroatoms. The second-order valence-corrected chi connectivity index (χ2v) is 5.04. The molecule has 1 atom stereocenters. The number of carbonyl (C=O) groups is 1. The number of aliphatic hydroxyl groups excluding tert-OH is 1. The van der Waals surface area contributed by atoms with E-state index in [-0.39, 0.29) is 18.6 Å². The first-order valence-corrected chi connectivity index (χ1v) is 6.86. The second kappa shape index (κ2) is 7.09. The third-order valence-corrected chi connectivity index (χ3v) is 3.39. The Morgan fingerprint density at radius 1 is 1.50 bits per heavy atom. The predicted molar refractivity (Wildman–Crippen MR) is 77.9 cm³/mol. The van der Waals surface area contributed by atoms with Crippen LogP contribution in [0.2, 0.25) is 0 Å². The zero-order valence-corrected chi connectivity index (χ0v) is 11.7. The Bertz CT molecular complexity index is 531. The van der Waals surface area contributed by atoms with Crippen molar-refractivity contribution in [1.29, 1.82) is 0 Å².